The first-order chi connectivity index (χ1) is 9.87. The van der Waals surface area contributed by atoms with Gasteiger partial charge in [-0.1, -0.05) is 12.1 Å². The third-order valence-electron chi connectivity index (χ3n) is 3.54. The van der Waals surface area contributed by atoms with E-state index in [1.807, 2.05) is 4.90 Å². The van der Waals surface area contributed by atoms with Crippen molar-refractivity contribution in [3.05, 3.63) is 35.6 Å². The largest absolute Gasteiger partial charge is 0.336 e. The number of amides is 1. The van der Waals surface area contributed by atoms with E-state index in [1.165, 1.54) is 18.4 Å². The summed E-state index contributed by atoms with van der Waals surface area (Å²) < 4.78 is 35.9. The third kappa shape index (κ3) is 4.50. The average molecular weight is 314 g/mol. The van der Waals surface area contributed by atoms with Crippen LogP contribution in [0.25, 0.3) is 0 Å². The first-order valence-electron chi connectivity index (χ1n) is 6.81. The van der Waals surface area contributed by atoms with Gasteiger partial charge in [-0.25, -0.2) is 12.8 Å². The number of carbonyl (C=O) groups is 1. The Labute approximate surface area is 124 Å². The molecule has 5 nitrogen and oxygen atoms in total. The van der Waals surface area contributed by atoms with Crippen molar-refractivity contribution in [2.24, 2.45) is 0 Å². The van der Waals surface area contributed by atoms with Gasteiger partial charge in [0.25, 0.3) is 5.91 Å². The number of piperazine rings is 1. The van der Waals surface area contributed by atoms with Crippen LogP contribution >= 0.6 is 0 Å². The van der Waals surface area contributed by atoms with Gasteiger partial charge in [0.15, 0.2) is 0 Å². The maximum absolute atomic E-state index is 13.6. The highest BCUT2D eigenvalue weighted by Crippen LogP contribution is 2.12. The summed E-state index contributed by atoms with van der Waals surface area (Å²) in [7, 11) is -2.97. The third-order valence-corrected chi connectivity index (χ3v) is 4.47. The summed E-state index contributed by atoms with van der Waals surface area (Å²) in [6.07, 6.45) is 1.21. The van der Waals surface area contributed by atoms with Crippen molar-refractivity contribution >= 4 is 15.7 Å². The fourth-order valence-corrected chi connectivity index (χ4v) is 2.86. The quantitative estimate of drug-likeness (QED) is 0.818. The highest BCUT2D eigenvalue weighted by molar-refractivity contribution is 7.90. The lowest BCUT2D eigenvalue weighted by atomic mass is 10.1. The summed E-state index contributed by atoms with van der Waals surface area (Å²) in [4.78, 5) is 15.8. The molecule has 21 heavy (non-hydrogen) atoms. The van der Waals surface area contributed by atoms with Crippen molar-refractivity contribution in [1.29, 1.82) is 0 Å². The zero-order chi connectivity index (χ0) is 15.5. The van der Waals surface area contributed by atoms with Crippen molar-refractivity contribution in [2.45, 2.75) is 0 Å². The average Bonchev–Trinajstić information content (AvgIpc) is 2.45. The molecule has 0 spiro atoms. The van der Waals surface area contributed by atoms with Crippen LogP contribution in [-0.2, 0) is 9.84 Å². The number of halogens is 1. The van der Waals surface area contributed by atoms with Crippen LogP contribution in [0.2, 0.25) is 0 Å². The highest BCUT2D eigenvalue weighted by atomic mass is 32.2. The van der Waals surface area contributed by atoms with E-state index in [4.69, 9.17) is 0 Å². The highest BCUT2D eigenvalue weighted by Gasteiger charge is 2.24. The molecule has 0 radical (unpaired) electrons. The standard InChI is InChI=1S/C14H19FN2O3S/c1-21(19,20)11-10-16-6-8-17(9-7-16)14(18)12-4-2-3-5-13(12)15/h2-5H,6-11H2,1H3. The lowest BCUT2D eigenvalue weighted by Crippen LogP contribution is -2.49. The molecule has 1 aromatic carbocycles. The molecular weight excluding hydrogens is 295 g/mol. The second kappa shape index (κ2) is 6.53. The Morgan fingerprint density at radius 1 is 1.19 bits per heavy atom. The number of rotatable bonds is 4. The molecule has 0 saturated carbocycles. The fourth-order valence-electron chi connectivity index (χ4n) is 2.27. The molecule has 1 aliphatic rings. The minimum atomic E-state index is -2.97. The van der Waals surface area contributed by atoms with Crippen LogP contribution in [0.15, 0.2) is 24.3 Å². The number of nitrogens with zero attached hydrogens (tertiary/aromatic N) is 2. The first kappa shape index (κ1) is 15.9. The normalized spacial score (nSPS) is 17.0. The fraction of sp³-hybridized carbons (Fsp3) is 0.500. The molecule has 1 aliphatic heterocycles. The minimum absolute atomic E-state index is 0.0853. The Morgan fingerprint density at radius 2 is 1.81 bits per heavy atom. The maximum atomic E-state index is 13.6. The number of hydrogen-bond acceptors (Lipinski definition) is 4. The monoisotopic (exact) mass is 314 g/mol. The first-order valence-corrected chi connectivity index (χ1v) is 8.87. The summed E-state index contributed by atoms with van der Waals surface area (Å²) in [6.45, 7) is 2.65. The zero-order valence-corrected chi connectivity index (χ0v) is 12.8. The van der Waals surface area contributed by atoms with Gasteiger partial charge in [0, 0.05) is 39.0 Å². The van der Waals surface area contributed by atoms with Gasteiger partial charge in [0.05, 0.1) is 11.3 Å². The molecule has 1 aromatic rings. The van der Waals surface area contributed by atoms with Crippen molar-refractivity contribution in [2.75, 3.05) is 44.7 Å². The summed E-state index contributed by atoms with van der Waals surface area (Å²) in [6, 6.07) is 5.94. The molecule has 0 bridgehead atoms. The Morgan fingerprint density at radius 3 is 2.38 bits per heavy atom. The van der Waals surface area contributed by atoms with Gasteiger partial charge in [0.2, 0.25) is 0 Å². The number of carbonyl (C=O) groups excluding carboxylic acids is 1. The van der Waals surface area contributed by atoms with Gasteiger partial charge in [0.1, 0.15) is 15.7 Å². The van der Waals surface area contributed by atoms with E-state index in [1.54, 1.807) is 17.0 Å². The molecule has 2 rings (SSSR count). The van der Waals surface area contributed by atoms with Crippen molar-refractivity contribution in [1.82, 2.24) is 9.80 Å². The lowest BCUT2D eigenvalue weighted by molar-refractivity contribution is 0.0639. The van der Waals surface area contributed by atoms with Crippen LogP contribution in [0.5, 0.6) is 0 Å². The number of benzene rings is 1. The van der Waals surface area contributed by atoms with Crippen molar-refractivity contribution < 1.29 is 17.6 Å². The second-order valence-electron chi connectivity index (χ2n) is 5.24. The molecule has 0 unspecified atom stereocenters. The van der Waals surface area contributed by atoms with E-state index >= 15 is 0 Å². The van der Waals surface area contributed by atoms with Gasteiger partial charge in [-0.15, -0.1) is 0 Å². The molecule has 1 saturated heterocycles. The molecule has 0 aliphatic carbocycles. The molecule has 116 valence electrons. The van der Waals surface area contributed by atoms with Crippen molar-refractivity contribution in [3.63, 3.8) is 0 Å². The van der Waals surface area contributed by atoms with Gasteiger partial charge < -0.3 is 4.90 Å². The topological polar surface area (TPSA) is 57.7 Å². The number of hydrogen-bond donors (Lipinski definition) is 0. The van der Waals surface area contributed by atoms with Crippen LogP contribution < -0.4 is 0 Å². The summed E-state index contributed by atoms with van der Waals surface area (Å²) in [5.74, 6) is -0.702. The van der Waals surface area contributed by atoms with Crippen molar-refractivity contribution in [3.8, 4) is 0 Å². The molecule has 1 heterocycles. The van der Waals surface area contributed by atoms with E-state index < -0.39 is 15.7 Å². The van der Waals surface area contributed by atoms with E-state index in [9.17, 15) is 17.6 Å². The van der Waals surface area contributed by atoms with Gasteiger partial charge in [-0.05, 0) is 12.1 Å². The summed E-state index contributed by atoms with van der Waals surface area (Å²) >= 11 is 0. The second-order valence-corrected chi connectivity index (χ2v) is 7.50. The molecule has 1 fully saturated rings. The Kier molecular flexibility index (Phi) is 4.95. The van der Waals surface area contributed by atoms with Gasteiger partial charge in [-0.3, -0.25) is 9.69 Å². The summed E-state index contributed by atoms with van der Waals surface area (Å²) in [5, 5.41) is 0. The predicted octanol–water partition coefficient (Wildman–Crippen LogP) is 0.628. The molecule has 0 atom stereocenters. The molecule has 7 heteroatoms. The van der Waals surface area contributed by atoms with Gasteiger partial charge in [-0.2, -0.15) is 0 Å². The van der Waals surface area contributed by atoms with Crippen LogP contribution in [0, 0.1) is 5.82 Å². The van der Waals surface area contributed by atoms with E-state index in [0.29, 0.717) is 32.7 Å². The Bertz CT molecular complexity index is 610. The smallest absolute Gasteiger partial charge is 0.256 e. The van der Waals surface area contributed by atoms with E-state index in [-0.39, 0.29) is 17.2 Å². The molecule has 0 N–H and O–H groups in total. The Balaban J connectivity index is 1.89. The minimum Gasteiger partial charge on any atom is -0.336 e. The molecule has 0 aromatic heterocycles. The molecular formula is C14H19FN2O3S. The number of sulfone groups is 1. The summed E-state index contributed by atoms with van der Waals surface area (Å²) in [5.41, 5.74) is 0.0853. The predicted molar refractivity (Wildman–Crippen MR) is 78.5 cm³/mol. The van der Waals surface area contributed by atoms with Crippen LogP contribution in [0.3, 0.4) is 0 Å². The van der Waals surface area contributed by atoms with Crippen LogP contribution in [0.1, 0.15) is 10.4 Å². The SMILES string of the molecule is CS(=O)(=O)CCN1CCN(C(=O)c2ccccc2F)CC1. The van der Waals surface area contributed by atoms with E-state index in [2.05, 4.69) is 0 Å². The van der Waals surface area contributed by atoms with Crippen LogP contribution in [0.4, 0.5) is 4.39 Å². The Hall–Kier alpha value is -1.47. The van der Waals surface area contributed by atoms with E-state index in [0.717, 1.165) is 0 Å². The lowest BCUT2D eigenvalue weighted by Gasteiger charge is -2.34. The maximum Gasteiger partial charge on any atom is 0.256 e. The zero-order valence-electron chi connectivity index (χ0n) is 12.0. The van der Waals surface area contributed by atoms with Gasteiger partial charge >= 0.3 is 0 Å². The molecule has 1 amide bonds. The van der Waals surface area contributed by atoms with Crippen LogP contribution in [-0.4, -0.2) is 68.9 Å².